The smallest absolute Gasteiger partial charge is 0.312 e. The third kappa shape index (κ3) is 3.23. The molecule has 2 aliphatic rings. The molecule has 1 aromatic carbocycles. The van der Waals surface area contributed by atoms with Gasteiger partial charge in [0.15, 0.2) is 0 Å². The van der Waals surface area contributed by atoms with Crippen molar-refractivity contribution in [1.82, 2.24) is 14.7 Å². The lowest BCUT2D eigenvalue weighted by molar-refractivity contribution is -0.139. The van der Waals surface area contributed by atoms with E-state index >= 15 is 0 Å². The van der Waals surface area contributed by atoms with Gasteiger partial charge in [0.05, 0.1) is 23.7 Å². The van der Waals surface area contributed by atoms with Crippen LogP contribution in [0, 0.1) is 6.92 Å². The van der Waals surface area contributed by atoms with Crippen LogP contribution in [0.3, 0.4) is 0 Å². The Balaban J connectivity index is 1.60. The minimum atomic E-state index is -0.908. The van der Waals surface area contributed by atoms with Gasteiger partial charge in [-0.3, -0.25) is 14.3 Å². The van der Waals surface area contributed by atoms with Crippen LogP contribution in [0.2, 0.25) is 0 Å². The second kappa shape index (κ2) is 7.15. The molecule has 1 atom stereocenters. The Morgan fingerprint density at radius 1 is 1.22 bits per heavy atom. The Labute approximate surface area is 157 Å². The normalized spacial score (nSPS) is 20.3. The molecule has 1 saturated heterocycles. The lowest BCUT2D eigenvalue weighted by atomic mass is 9.89. The lowest BCUT2D eigenvalue weighted by Gasteiger charge is -2.32. The number of carbonyl (C=O) groups is 2. The van der Waals surface area contributed by atoms with Crippen molar-refractivity contribution in [3.63, 3.8) is 0 Å². The minimum absolute atomic E-state index is 0.161. The van der Waals surface area contributed by atoms with Crippen molar-refractivity contribution in [2.45, 2.75) is 38.3 Å². The fourth-order valence-electron chi connectivity index (χ4n) is 4.07. The van der Waals surface area contributed by atoms with Gasteiger partial charge in [-0.25, -0.2) is 0 Å². The van der Waals surface area contributed by atoms with Gasteiger partial charge >= 0.3 is 5.97 Å². The molecule has 1 N–H and O–H groups in total. The average molecular weight is 369 g/mol. The lowest BCUT2D eigenvalue weighted by Crippen LogP contribution is -2.40. The molecule has 1 aromatic heterocycles. The number of benzene rings is 1. The number of amides is 1. The number of ether oxygens (including phenoxy) is 1. The third-order valence-electron chi connectivity index (χ3n) is 5.59. The van der Waals surface area contributed by atoms with Crippen molar-refractivity contribution in [3.05, 3.63) is 52.8 Å². The van der Waals surface area contributed by atoms with Crippen LogP contribution < -0.4 is 0 Å². The predicted molar refractivity (Wildman–Crippen MR) is 97.6 cm³/mol. The maximum absolute atomic E-state index is 13.1. The molecule has 0 radical (unpaired) electrons. The Bertz CT molecular complexity index is 870. The Morgan fingerprint density at radius 2 is 1.96 bits per heavy atom. The monoisotopic (exact) mass is 369 g/mol. The van der Waals surface area contributed by atoms with Crippen molar-refractivity contribution in [1.29, 1.82) is 0 Å². The first-order chi connectivity index (χ1) is 13.1. The van der Waals surface area contributed by atoms with Gasteiger partial charge in [0.1, 0.15) is 0 Å². The van der Waals surface area contributed by atoms with E-state index in [1.165, 1.54) is 0 Å². The Kier molecular flexibility index (Phi) is 4.70. The van der Waals surface area contributed by atoms with Crippen LogP contribution in [-0.4, -0.2) is 51.4 Å². The van der Waals surface area contributed by atoms with Crippen LogP contribution in [0.25, 0.3) is 0 Å². The number of hydrogen-bond acceptors (Lipinski definition) is 4. The third-order valence-corrected chi connectivity index (χ3v) is 5.59. The number of rotatable bonds is 3. The largest absolute Gasteiger partial charge is 0.481 e. The molecular weight excluding hydrogens is 346 g/mol. The summed E-state index contributed by atoms with van der Waals surface area (Å²) in [6, 6.07) is 7.69. The minimum Gasteiger partial charge on any atom is -0.481 e. The number of hydrogen-bond donors (Lipinski definition) is 1. The highest BCUT2D eigenvalue weighted by Crippen LogP contribution is 2.30. The summed E-state index contributed by atoms with van der Waals surface area (Å²) in [6.45, 7) is 3.91. The second-order valence-electron chi connectivity index (χ2n) is 7.21. The number of carboxylic acids is 1. The van der Waals surface area contributed by atoms with Crippen molar-refractivity contribution < 1.29 is 19.4 Å². The van der Waals surface area contributed by atoms with Crippen molar-refractivity contribution in [2.75, 3.05) is 19.8 Å². The zero-order valence-electron chi connectivity index (χ0n) is 15.3. The van der Waals surface area contributed by atoms with Crippen molar-refractivity contribution in [3.8, 4) is 0 Å². The fraction of sp³-hybridized carbons (Fsp3) is 0.450. The first-order valence-electron chi connectivity index (χ1n) is 9.28. The van der Waals surface area contributed by atoms with Gasteiger partial charge in [-0.2, -0.15) is 5.10 Å². The average Bonchev–Trinajstić information content (AvgIpc) is 3.08. The van der Waals surface area contributed by atoms with Gasteiger partial charge in [-0.15, -0.1) is 0 Å². The van der Waals surface area contributed by atoms with Gasteiger partial charge in [0.25, 0.3) is 5.91 Å². The molecule has 142 valence electrons. The van der Waals surface area contributed by atoms with E-state index in [0.29, 0.717) is 25.3 Å². The summed E-state index contributed by atoms with van der Waals surface area (Å²) in [7, 11) is 0. The summed E-state index contributed by atoms with van der Waals surface area (Å²) in [6.07, 6.45) is 3.38. The molecule has 1 unspecified atom stereocenters. The molecule has 2 aliphatic heterocycles. The van der Waals surface area contributed by atoms with E-state index in [0.717, 1.165) is 29.7 Å². The number of aromatic nitrogens is 2. The predicted octanol–water partition coefficient (Wildman–Crippen LogP) is 2.37. The van der Waals surface area contributed by atoms with E-state index in [9.17, 15) is 14.7 Å². The molecule has 0 spiro atoms. The number of nitrogens with zero attached hydrogens (tertiary/aromatic N) is 3. The first-order valence-corrected chi connectivity index (χ1v) is 9.28. The molecule has 3 heterocycles. The molecule has 7 nitrogen and oxygen atoms in total. The maximum atomic E-state index is 13.1. The second-order valence-corrected chi connectivity index (χ2v) is 7.21. The van der Waals surface area contributed by atoms with Crippen LogP contribution in [0.4, 0.5) is 0 Å². The van der Waals surface area contributed by atoms with Gasteiger partial charge in [-0.1, -0.05) is 24.3 Å². The molecule has 0 saturated carbocycles. The summed E-state index contributed by atoms with van der Waals surface area (Å²) in [4.78, 5) is 26.5. The Morgan fingerprint density at radius 3 is 2.70 bits per heavy atom. The molecule has 2 aromatic rings. The number of carbonyl (C=O) groups excluding carboxylic acids is 1. The maximum Gasteiger partial charge on any atom is 0.312 e. The van der Waals surface area contributed by atoms with E-state index in [-0.39, 0.29) is 18.5 Å². The standard InChI is InChI=1S/C20H23N3O4/c1-13-17(10-21-23(13)15-6-8-27-9-7-15)19(24)22-11-14-4-2-3-5-16(14)18(12-22)20(25)26/h2-5,10,15,18H,6-9,11-12H2,1H3,(H,25,26). The fourth-order valence-corrected chi connectivity index (χ4v) is 4.07. The first kappa shape index (κ1) is 17.7. The van der Waals surface area contributed by atoms with Crippen molar-refractivity contribution >= 4 is 11.9 Å². The Hall–Kier alpha value is -2.67. The van der Waals surface area contributed by atoms with E-state index in [1.54, 1.807) is 11.1 Å². The molecule has 1 amide bonds. The van der Waals surface area contributed by atoms with Crippen LogP contribution in [0.5, 0.6) is 0 Å². The molecule has 7 heteroatoms. The van der Waals surface area contributed by atoms with E-state index in [2.05, 4.69) is 5.10 Å². The van der Waals surface area contributed by atoms with Gasteiger partial charge in [-0.05, 0) is 30.9 Å². The topological polar surface area (TPSA) is 84.7 Å². The molecular formula is C20H23N3O4. The summed E-state index contributed by atoms with van der Waals surface area (Å²) < 4.78 is 7.33. The number of aliphatic carboxylic acids is 1. The molecule has 0 aliphatic carbocycles. The van der Waals surface area contributed by atoms with Gasteiger partial charge in [0, 0.05) is 32.0 Å². The molecule has 4 rings (SSSR count). The van der Waals surface area contributed by atoms with E-state index in [1.807, 2.05) is 35.9 Å². The van der Waals surface area contributed by atoms with Crippen LogP contribution in [0.15, 0.2) is 30.5 Å². The number of fused-ring (bicyclic) bond motifs is 1. The summed E-state index contributed by atoms with van der Waals surface area (Å²) in [5.41, 5.74) is 3.06. The summed E-state index contributed by atoms with van der Waals surface area (Å²) in [5.74, 6) is -1.77. The zero-order chi connectivity index (χ0) is 19.0. The van der Waals surface area contributed by atoms with Crippen molar-refractivity contribution in [2.24, 2.45) is 0 Å². The zero-order valence-corrected chi connectivity index (χ0v) is 15.3. The van der Waals surface area contributed by atoms with Gasteiger partial charge in [0.2, 0.25) is 0 Å². The van der Waals surface area contributed by atoms with Crippen LogP contribution in [0.1, 0.15) is 52.0 Å². The highest BCUT2D eigenvalue weighted by atomic mass is 16.5. The summed E-state index contributed by atoms with van der Waals surface area (Å²) in [5, 5.41) is 14.1. The molecule has 27 heavy (non-hydrogen) atoms. The highest BCUT2D eigenvalue weighted by molar-refractivity contribution is 5.95. The van der Waals surface area contributed by atoms with E-state index in [4.69, 9.17) is 4.74 Å². The quantitative estimate of drug-likeness (QED) is 0.898. The van der Waals surface area contributed by atoms with Crippen LogP contribution in [-0.2, 0) is 16.1 Å². The summed E-state index contributed by atoms with van der Waals surface area (Å²) >= 11 is 0. The highest BCUT2D eigenvalue weighted by Gasteiger charge is 2.34. The van der Waals surface area contributed by atoms with Gasteiger partial charge < -0.3 is 14.7 Å². The molecule has 1 fully saturated rings. The van der Waals surface area contributed by atoms with E-state index < -0.39 is 11.9 Å². The van der Waals surface area contributed by atoms with Crippen LogP contribution >= 0.6 is 0 Å². The SMILES string of the molecule is Cc1c(C(=O)N2Cc3ccccc3C(C(=O)O)C2)cnn1C1CCOCC1. The molecule has 0 bridgehead atoms. The number of carboxylic acid groups (broad SMARTS) is 1.